The molecule has 2 fully saturated rings. The van der Waals surface area contributed by atoms with E-state index >= 15 is 0 Å². The highest BCUT2D eigenvalue weighted by atomic mass is 16.6. The number of ether oxygens (including phenoxy) is 2. The van der Waals surface area contributed by atoms with Crippen molar-refractivity contribution in [1.29, 1.82) is 0 Å². The fraction of sp³-hybridized carbons (Fsp3) is 0.286. The third-order valence-corrected chi connectivity index (χ3v) is 8.13. The normalized spacial score (nSPS) is 23.0. The second-order valence-corrected chi connectivity index (χ2v) is 10.7. The summed E-state index contributed by atoms with van der Waals surface area (Å²) in [5.74, 6) is 2.36. The van der Waals surface area contributed by atoms with Crippen molar-refractivity contribution in [3.63, 3.8) is 0 Å². The van der Waals surface area contributed by atoms with Gasteiger partial charge in [0.2, 0.25) is 0 Å². The molecule has 4 aromatic rings. The van der Waals surface area contributed by atoms with E-state index in [1.165, 1.54) is 23.3 Å². The van der Waals surface area contributed by atoms with Crippen molar-refractivity contribution < 1.29 is 14.3 Å². The van der Waals surface area contributed by atoms with E-state index in [4.69, 9.17) is 14.3 Å². The van der Waals surface area contributed by atoms with Gasteiger partial charge in [-0.3, -0.25) is 0 Å². The molecule has 0 radical (unpaired) electrons. The number of oxime groups is 1. The lowest BCUT2D eigenvalue weighted by Gasteiger charge is -2.47. The maximum atomic E-state index is 6.05. The van der Waals surface area contributed by atoms with Crippen LogP contribution in [0.25, 0.3) is 0 Å². The molecule has 4 atom stereocenters. The van der Waals surface area contributed by atoms with Crippen LogP contribution in [0.3, 0.4) is 0 Å². The summed E-state index contributed by atoms with van der Waals surface area (Å²) < 4.78 is 12.1. The zero-order chi connectivity index (χ0) is 27.1. The number of piperidine rings is 1. The van der Waals surface area contributed by atoms with Gasteiger partial charge in [0.25, 0.3) is 0 Å². The first-order valence-corrected chi connectivity index (χ1v) is 14.2. The number of nitrogens with one attached hydrogen (secondary N) is 1. The van der Waals surface area contributed by atoms with Crippen LogP contribution < -0.4 is 14.8 Å². The molecular weight excluding hydrogens is 496 g/mol. The Bertz CT molecular complexity index is 1290. The molecule has 6 rings (SSSR count). The molecule has 1 N–H and O–H groups in total. The van der Waals surface area contributed by atoms with Crippen molar-refractivity contribution in [2.45, 2.75) is 44.6 Å². The predicted octanol–water partition coefficient (Wildman–Crippen LogP) is 7.65. The molecule has 2 aliphatic rings. The number of hydrogen-bond acceptors (Lipinski definition) is 5. The summed E-state index contributed by atoms with van der Waals surface area (Å²) in [5.41, 5.74) is 5.99. The quantitative estimate of drug-likeness (QED) is 0.225. The first-order valence-electron chi connectivity index (χ1n) is 14.2. The maximum Gasteiger partial charge on any atom is 0.119 e. The third kappa shape index (κ3) is 5.90. The van der Waals surface area contributed by atoms with Gasteiger partial charge in [-0.1, -0.05) is 96.5 Å². The standard InChI is InChI=1S/C35H36N2O3/c1-38-37-35-31-13-8-14-32(35)34(28-17-21-30(22-18-28)40-24-26-11-6-3-7-12-26)36-33(31)27-15-19-29(20-16-27)39-23-25-9-4-2-5-10-25/h2-7,9-12,15-22,31-34,36H,8,13-14,23-24H2,1H3/t31-,32+,33+,34-. The highest BCUT2D eigenvalue weighted by Gasteiger charge is 2.45. The van der Waals surface area contributed by atoms with E-state index < -0.39 is 0 Å². The zero-order valence-electron chi connectivity index (χ0n) is 22.9. The van der Waals surface area contributed by atoms with Crippen LogP contribution in [0.2, 0.25) is 0 Å². The van der Waals surface area contributed by atoms with Gasteiger partial charge in [-0.25, -0.2) is 0 Å². The molecule has 0 aromatic heterocycles. The summed E-state index contributed by atoms with van der Waals surface area (Å²) in [6.07, 6.45) is 3.38. The van der Waals surface area contributed by atoms with Crippen LogP contribution in [0.1, 0.15) is 53.6 Å². The van der Waals surface area contributed by atoms with Crippen LogP contribution >= 0.6 is 0 Å². The Hall–Kier alpha value is -4.09. The molecule has 5 heteroatoms. The van der Waals surface area contributed by atoms with E-state index in [0.717, 1.165) is 35.5 Å². The monoisotopic (exact) mass is 532 g/mol. The second kappa shape index (κ2) is 12.4. The average Bonchev–Trinajstić information content (AvgIpc) is 3.01. The topological polar surface area (TPSA) is 52.1 Å². The predicted molar refractivity (Wildman–Crippen MR) is 158 cm³/mol. The Balaban J connectivity index is 1.20. The first-order chi connectivity index (χ1) is 19.8. The Labute approximate surface area is 236 Å². The molecule has 0 spiro atoms. The summed E-state index contributed by atoms with van der Waals surface area (Å²) >= 11 is 0. The van der Waals surface area contributed by atoms with Crippen LogP contribution in [0.5, 0.6) is 11.5 Å². The lowest BCUT2D eigenvalue weighted by molar-refractivity contribution is 0.180. The summed E-state index contributed by atoms with van der Waals surface area (Å²) in [4.78, 5) is 5.39. The van der Waals surface area contributed by atoms with Gasteiger partial charge < -0.3 is 19.6 Å². The molecule has 1 heterocycles. The van der Waals surface area contributed by atoms with Crippen molar-refractivity contribution in [3.8, 4) is 11.5 Å². The molecule has 0 amide bonds. The zero-order valence-corrected chi connectivity index (χ0v) is 22.9. The lowest BCUT2D eigenvalue weighted by atomic mass is 9.67. The Morgan fingerprint density at radius 3 is 1.50 bits per heavy atom. The van der Waals surface area contributed by atoms with Gasteiger partial charge in [-0.05, 0) is 59.4 Å². The molecule has 1 saturated carbocycles. The van der Waals surface area contributed by atoms with Crippen LogP contribution in [0.15, 0.2) is 114 Å². The van der Waals surface area contributed by atoms with E-state index in [2.05, 4.69) is 83.3 Å². The van der Waals surface area contributed by atoms with Gasteiger partial charge in [0, 0.05) is 23.9 Å². The molecule has 2 bridgehead atoms. The van der Waals surface area contributed by atoms with Gasteiger partial charge in [-0.15, -0.1) is 0 Å². The highest BCUT2D eigenvalue weighted by molar-refractivity contribution is 5.91. The second-order valence-electron chi connectivity index (χ2n) is 10.7. The van der Waals surface area contributed by atoms with Crippen LogP contribution in [-0.2, 0) is 18.1 Å². The molecule has 40 heavy (non-hydrogen) atoms. The number of rotatable bonds is 9. The summed E-state index contributed by atoms with van der Waals surface area (Å²) in [5, 5.41) is 8.62. The van der Waals surface area contributed by atoms with Gasteiger partial charge in [0.05, 0.1) is 5.71 Å². The van der Waals surface area contributed by atoms with Crippen molar-refractivity contribution in [2.24, 2.45) is 17.0 Å². The Morgan fingerprint density at radius 1 is 0.625 bits per heavy atom. The van der Waals surface area contributed by atoms with E-state index in [1.807, 2.05) is 36.4 Å². The minimum absolute atomic E-state index is 0.146. The van der Waals surface area contributed by atoms with E-state index in [9.17, 15) is 0 Å². The van der Waals surface area contributed by atoms with Crippen LogP contribution in [-0.4, -0.2) is 12.8 Å². The fourth-order valence-electron chi connectivity index (χ4n) is 6.15. The Morgan fingerprint density at radius 2 is 1.07 bits per heavy atom. The number of benzene rings is 4. The lowest BCUT2D eigenvalue weighted by Crippen LogP contribution is -2.50. The average molecular weight is 533 g/mol. The van der Waals surface area contributed by atoms with E-state index in [1.54, 1.807) is 7.11 Å². The van der Waals surface area contributed by atoms with Crippen molar-refractivity contribution in [2.75, 3.05) is 7.11 Å². The number of hydrogen-bond donors (Lipinski definition) is 1. The van der Waals surface area contributed by atoms with Crippen molar-refractivity contribution in [1.82, 2.24) is 5.32 Å². The number of fused-ring (bicyclic) bond motifs is 2. The fourth-order valence-corrected chi connectivity index (χ4v) is 6.15. The molecule has 4 aromatic carbocycles. The van der Waals surface area contributed by atoms with Crippen LogP contribution in [0.4, 0.5) is 0 Å². The van der Waals surface area contributed by atoms with E-state index in [-0.39, 0.29) is 12.1 Å². The SMILES string of the molecule is CON=C1[C@H]2CCC[C@@H]1[C@H](c1ccc(OCc3ccccc3)cc1)N[C@@H]2c1ccc(OCc2ccccc2)cc1. The molecule has 1 aliphatic carbocycles. The molecule has 204 valence electrons. The van der Waals surface area contributed by atoms with Gasteiger partial charge in [0.15, 0.2) is 0 Å². The smallest absolute Gasteiger partial charge is 0.119 e. The summed E-state index contributed by atoms with van der Waals surface area (Å²) in [7, 11) is 1.66. The minimum Gasteiger partial charge on any atom is -0.489 e. The molecule has 0 unspecified atom stereocenters. The molecule has 5 nitrogen and oxygen atoms in total. The Kier molecular flexibility index (Phi) is 8.10. The van der Waals surface area contributed by atoms with Gasteiger partial charge in [0.1, 0.15) is 31.8 Å². The number of nitrogens with zero attached hydrogens (tertiary/aromatic N) is 1. The van der Waals surface area contributed by atoms with Crippen molar-refractivity contribution >= 4 is 5.71 Å². The molecule has 1 saturated heterocycles. The summed E-state index contributed by atoms with van der Waals surface area (Å²) in [6.45, 7) is 1.12. The highest BCUT2D eigenvalue weighted by Crippen LogP contribution is 2.47. The summed E-state index contributed by atoms with van der Waals surface area (Å²) in [6, 6.07) is 37.9. The molecule has 1 aliphatic heterocycles. The van der Waals surface area contributed by atoms with Crippen molar-refractivity contribution in [3.05, 3.63) is 131 Å². The first kappa shape index (κ1) is 26.1. The molecular formula is C35H36N2O3. The largest absolute Gasteiger partial charge is 0.489 e. The maximum absolute atomic E-state index is 6.05. The minimum atomic E-state index is 0.146. The van der Waals surface area contributed by atoms with Gasteiger partial charge in [-0.2, -0.15) is 0 Å². The van der Waals surface area contributed by atoms with E-state index in [0.29, 0.717) is 25.0 Å². The van der Waals surface area contributed by atoms with Crippen LogP contribution in [0, 0.1) is 11.8 Å². The third-order valence-electron chi connectivity index (χ3n) is 8.13. The van der Waals surface area contributed by atoms with Gasteiger partial charge >= 0.3 is 0 Å².